The maximum absolute atomic E-state index is 10.2. The molecule has 1 saturated carbocycles. The van der Waals surface area contributed by atoms with Gasteiger partial charge in [0.1, 0.15) is 0 Å². The molecule has 0 heterocycles. The Balaban J connectivity index is 2.94. The fourth-order valence-corrected chi connectivity index (χ4v) is 1.54. The van der Waals surface area contributed by atoms with Gasteiger partial charge in [-0.2, -0.15) is 5.26 Å². The second-order valence-corrected chi connectivity index (χ2v) is 4.87. The zero-order valence-electron chi connectivity index (χ0n) is 8.31. The van der Waals surface area contributed by atoms with E-state index in [9.17, 15) is 5.11 Å². The molecule has 0 aromatic heterocycles. The van der Waals surface area contributed by atoms with Crippen molar-refractivity contribution >= 4 is 0 Å². The highest BCUT2D eigenvalue weighted by Gasteiger charge is 2.59. The molecule has 1 aliphatic rings. The summed E-state index contributed by atoms with van der Waals surface area (Å²) in [5, 5.41) is 19.1. The third-order valence-electron chi connectivity index (χ3n) is 3.67. The first-order valence-corrected chi connectivity index (χ1v) is 4.40. The smallest absolute Gasteiger partial charge is 0.0853 e. The molecule has 2 heteroatoms. The highest BCUT2D eigenvalue weighted by atomic mass is 16.3. The van der Waals surface area contributed by atoms with E-state index in [0.29, 0.717) is 0 Å². The van der Waals surface area contributed by atoms with E-state index >= 15 is 0 Å². The first-order chi connectivity index (χ1) is 5.27. The number of aliphatic hydroxyl groups is 1. The summed E-state index contributed by atoms with van der Waals surface area (Å²) in [6.45, 7) is 7.43. The van der Waals surface area contributed by atoms with Crippen LogP contribution in [0.1, 0.15) is 40.5 Å². The third-order valence-corrected chi connectivity index (χ3v) is 3.67. The second kappa shape index (κ2) is 2.23. The van der Waals surface area contributed by atoms with Gasteiger partial charge in [0.05, 0.1) is 17.1 Å². The van der Waals surface area contributed by atoms with Crippen molar-refractivity contribution in [2.24, 2.45) is 10.8 Å². The van der Waals surface area contributed by atoms with Crippen LogP contribution in [0.2, 0.25) is 0 Å². The van der Waals surface area contributed by atoms with Gasteiger partial charge in [0, 0.05) is 0 Å². The molecule has 1 fully saturated rings. The molecule has 12 heavy (non-hydrogen) atoms. The van der Waals surface area contributed by atoms with Crippen molar-refractivity contribution in [2.75, 3.05) is 0 Å². The maximum Gasteiger partial charge on any atom is 0.0853 e. The van der Waals surface area contributed by atoms with Crippen LogP contribution in [-0.2, 0) is 0 Å². The first-order valence-electron chi connectivity index (χ1n) is 4.40. The van der Waals surface area contributed by atoms with Crippen molar-refractivity contribution < 1.29 is 5.11 Å². The lowest BCUT2D eigenvalue weighted by Gasteiger charge is -2.40. The van der Waals surface area contributed by atoms with Crippen LogP contribution in [0, 0.1) is 22.2 Å². The topological polar surface area (TPSA) is 44.0 Å². The van der Waals surface area contributed by atoms with Crippen LogP contribution in [0.4, 0.5) is 0 Å². The average molecular weight is 167 g/mol. The molecule has 0 aromatic rings. The summed E-state index contributed by atoms with van der Waals surface area (Å²) in [5.41, 5.74) is -1.56. The molecule has 1 atom stereocenters. The van der Waals surface area contributed by atoms with Crippen molar-refractivity contribution in [1.29, 1.82) is 5.26 Å². The molecule has 1 unspecified atom stereocenters. The molecule has 68 valence electrons. The summed E-state index contributed by atoms with van der Waals surface area (Å²) < 4.78 is 0. The van der Waals surface area contributed by atoms with Crippen LogP contribution < -0.4 is 0 Å². The Morgan fingerprint density at radius 3 is 2.00 bits per heavy atom. The van der Waals surface area contributed by atoms with Crippen molar-refractivity contribution in [3.63, 3.8) is 0 Å². The Morgan fingerprint density at radius 2 is 1.75 bits per heavy atom. The van der Waals surface area contributed by atoms with Crippen molar-refractivity contribution in [2.45, 2.75) is 46.1 Å². The van der Waals surface area contributed by atoms with Gasteiger partial charge in [-0.15, -0.1) is 0 Å². The van der Waals surface area contributed by atoms with Crippen LogP contribution >= 0.6 is 0 Å². The molecule has 1 aliphatic carbocycles. The van der Waals surface area contributed by atoms with Crippen LogP contribution in [0.3, 0.4) is 0 Å². The summed E-state index contributed by atoms with van der Waals surface area (Å²) in [7, 11) is 0. The number of nitrogens with zero attached hydrogens (tertiary/aromatic N) is 1. The van der Waals surface area contributed by atoms with Gasteiger partial charge in [-0.3, -0.25) is 0 Å². The molecule has 0 aromatic carbocycles. The summed E-state index contributed by atoms with van der Waals surface area (Å²) in [5.74, 6) is 0. The second-order valence-electron chi connectivity index (χ2n) is 4.87. The fourth-order valence-electron chi connectivity index (χ4n) is 1.54. The van der Waals surface area contributed by atoms with E-state index in [1.807, 2.05) is 6.92 Å². The van der Waals surface area contributed by atoms with Gasteiger partial charge in [0.25, 0.3) is 0 Å². The van der Waals surface area contributed by atoms with E-state index < -0.39 is 11.0 Å². The quantitative estimate of drug-likeness (QED) is 0.684. The van der Waals surface area contributed by atoms with Crippen molar-refractivity contribution in [3.8, 4) is 6.07 Å². The minimum atomic E-state index is -0.866. The zero-order chi connectivity index (χ0) is 9.62. The van der Waals surface area contributed by atoms with Gasteiger partial charge in [0.15, 0.2) is 0 Å². The van der Waals surface area contributed by atoms with Crippen molar-refractivity contribution in [3.05, 3.63) is 0 Å². The highest BCUT2D eigenvalue weighted by molar-refractivity contribution is 5.15. The van der Waals surface area contributed by atoms with Crippen molar-refractivity contribution in [1.82, 2.24) is 0 Å². The molecule has 0 radical (unpaired) electrons. The number of hydrogen-bond donors (Lipinski definition) is 1. The third kappa shape index (κ3) is 1.04. The van der Waals surface area contributed by atoms with E-state index in [1.54, 1.807) is 20.8 Å². The van der Waals surface area contributed by atoms with Crippen LogP contribution in [0.25, 0.3) is 0 Å². The Bertz CT molecular complexity index is 231. The monoisotopic (exact) mass is 167 g/mol. The maximum atomic E-state index is 10.2. The summed E-state index contributed by atoms with van der Waals surface area (Å²) >= 11 is 0. The summed E-state index contributed by atoms with van der Waals surface area (Å²) in [6, 6.07) is 2.18. The molecular formula is C10H17NO. The van der Waals surface area contributed by atoms with Gasteiger partial charge in [-0.25, -0.2) is 0 Å². The minimum Gasteiger partial charge on any atom is -0.388 e. The minimum absolute atomic E-state index is 0.0355. The molecular weight excluding hydrogens is 150 g/mol. The molecule has 1 N–H and O–H groups in total. The molecule has 0 bridgehead atoms. The Hall–Kier alpha value is -0.550. The fraction of sp³-hybridized carbons (Fsp3) is 0.900. The molecule has 1 rings (SSSR count). The van der Waals surface area contributed by atoms with Gasteiger partial charge in [-0.1, -0.05) is 6.92 Å². The molecule has 0 spiro atoms. The lowest BCUT2D eigenvalue weighted by atomic mass is 9.68. The predicted molar refractivity (Wildman–Crippen MR) is 47.4 cm³/mol. The SMILES string of the molecule is CC(C)(C#N)C(C)(O)C1(C)CC1. The van der Waals surface area contributed by atoms with E-state index in [-0.39, 0.29) is 5.41 Å². The largest absolute Gasteiger partial charge is 0.388 e. The van der Waals surface area contributed by atoms with Gasteiger partial charge >= 0.3 is 0 Å². The van der Waals surface area contributed by atoms with Gasteiger partial charge in [-0.05, 0) is 39.0 Å². The Labute approximate surface area is 74.2 Å². The highest BCUT2D eigenvalue weighted by Crippen LogP contribution is 2.59. The van der Waals surface area contributed by atoms with E-state index in [2.05, 4.69) is 6.07 Å². The van der Waals surface area contributed by atoms with E-state index in [1.165, 1.54) is 0 Å². The average Bonchev–Trinajstić information content (AvgIpc) is 2.69. The molecule has 0 saturated heterocycles. The lowest BCUT2D eigenvalue weighted by molar-refractivity contribution is -0.0785. The standard InChI is InChI=1S/C10H17NO/c1-8(2,7-11)10(4,12)9(3)5-6-9/h12H,5-6H2,1-4H3. The number of hydrogen-bond acceptors (Lipinski definition) is 2. The van der Waals surface area contributed by atoms with Gasteiger partial charge in [0.2, 0.25) is 0 Å². The predicted octanol–water partition coefficient (Wildman–Crippen LogP) is 2.09. The van der Waals surface area contributed by atoms with Crippen LogP contribution in [0.5, 0.6) is 0 Å². The van der Waals surface area contributed by atoms with E-state index in [4.69, 9.17) is 5.26 Å². The lowest BCUT2D eigenvalue weighted by Crippen LogP contribution is -2.47. The number of rotatable bonds is 2. The summed E-state index contributed by atoms with van der Waals surface area (Å²) in [4.78, 5) is 0. The van der Waals surface area contributed by atoms with Crippen LogP contribution in [-0.4, -0.2) is 10.7 Å². The zero-order valence-corrected chi connectivity index (χ0v) is 8.31. The van der Waals surface area contributed by atoms with E-state index in [0.717, 1.165) is 12.8 Å². The Kier molecular flexibility index (Phi) is 1.77. The Morgan fingerprint density at radius 1 is 1.33 bits per heavy atom. The summed E-state index contributed by atoms with van der Waals surface area (Å²) in [6.07, 6.45) is 2.07. The first kappa shape index (κ1) is 9.54. The molecule has 0 amide bonds. The number of nitriles is 1. The molecule has 0 aliphatic heterocycles. The normalized spacial score (nSPS) is 25.7. The van der Waals surface area contributed by atoms with Crippen LogP contribution in [0.15, 0.2) is 0 Å². The molecule has 2 nitrogen and oxygen atoms in total. The van der Waals surface area contributed by atoms with Gasteiger partial charge < -0.3 is 5.11 Å².